The largest absolute Gasteiger partial charge is 0.316 e. The number of nitrogens with one attached hydrogen (secondary N) is 2. The number of thiazole rings is 1. The van der Waals surface area contributed by atoms with Gasteiger partial charge in [-0.2, -0.15) is 0 Å². The fourth-order valence-corrected chi connectivity index (χ4v) is 3.52. The van der Waals surface area contributed by atoms with Crippen LogP contribution in [0.15, 0.2) is 29.6 Å². The van der Waals surface area contributed by atoms with Crippen LogP contribution in [-0.2, 0) is 4.79 Å². The van der Waals surface area contributed by atoms with Crippen molar-refractivity contribution in [3.05, 3.63) is 35.2 Å². The van der Waals surface area contributed by atoms with Gasteiger partial charge in [-0.3, -0.25) is 4.79 Å². The van der Waals surface area contributed by atoms with E-state index in [2.05, 4.69) is 34.7 Å². The second-order valence-corrected chi connectivity index (χ2v) is 6.66. The van der Waals surface area contributed by atoms with E-state index in [-0.39, 0.29) is 5.91 Å². The Morgan fingerprint density at radius 1 is 1.45 bits per heavy atom. The molecule has 1 aromatic carbocycles. The average Bonchev–Trinajstić information content (AvgIpc) is 3.17. The number of hydrogen-bond donors (Lipinski definition) is 2. The third-order valence-corrected chi connectivity index (χ3v) is 4.87. The van der Waals surface area contributed by atoms with Crippen molar-refractivity contribution in [3.8, 4) is 11.3 Å². The summed E-state index contributed by atoms with van der Waals surface area (Å²) in [7, 11) is 0. The van der Waals surface area contributed by atoms with Gasteiger partial charge in [-0.15, -0.1) is 11.3 Å². The van der Waals surface area contributed by atoms with Gasteiger partial charge in [0.05, 0.1) is 5.69 Å². The number of nitrogens with zero attached hydrogens (tertiary/aromatic N) is 1. The van der Waals surface area contributed by atoms with Gasteiger partial charge in [-0.1, -0.05) is 24.3 Å². The molecule has 1 amide bonds. The quantitative estimate of drug-likeness (QED) is 0.888. The molecular weight excluding hydrogens is 294 g/mol. The van der Waals surface area contributed by atoms with Crippen LogP contribution < -0.4 is 10.6 Å². The number of aryl methyl sites for hydroxylation is 1. The van der Waals surface area contributed by atoms with Crippen molar-refractivity contribution >= 4 is 22.4 Å². The second kappa shape index (κ2) is 7.03. The standard InChI is InChI=1S/C17H21N3OS/c1-12-4-2-3-5-14(12)15-11-22-17(19-15)20-16(21)7-6-13-8-9-18-10-13/h2-5,11,13,18H,6-10H2,1H3,(H,19,20,21). The molecule has 0 aliphatic carbocycles. The SMILES string of the molecule is Cc1ccccc1-c1csc(NC(=O)CCC2CCNC2)n1. The Bertz CT molecular complexity index is 647. The molecule has 1 unspecified atom stereocenters. The maximum atomic E-state index is 12.0. The molecule has 3 rings (SSSR count). The van der Waals surface area contributed by atoms with E-state index in [0.717, 1.165) is 30.8 Å². The molecule has 5 heteroatoms. The minimum Gasteiger partial charge on any atom is -0.316 e. The Balaban J connectivity index is 1.57. The summed E-state index contributed by atoms with van der Waals surface area (Å²) >= 11 is 1.48. The minimum absolute atomic E-state index is 0.0672. The zero-order valence-corrected chi connectivity index (χ0v) is 13.6. The molecule has 4 nitrogen and oxygen atoms in total. The monoisotopic (exact) mass is 315 g/mol. The highest BCUT2D eigenvalue weighted by Crippen LogP contribution is 2.27. The molecular formula is C17H21N3OS. The lowest BCUT2D eigenvalue weighted by atomic mass is 10.0. The van der Waals surface area contributed by atoms with E-state index in [0.29, 0.717) is 17.5 Å². The molecule has 1 atom stereocenters. The number of anilines is 1. The first-order chi connectivity index (χ1) is 10.7. The summed E-state index contributed by atoms with van der Waals surface area (Å²) in [6.45, 7) is 4.20. The summed E-state index contributed by atoms with van der Waals surface area (Å²) < 4.78 is 0. The molecule has 22 heavy (non-hydrogen) atoms. The van der Waals surface area contributed by atoms with E-state index in [9.17, 15) is 4.79 Å². The Morgan fingerprint density at radius 3 is 3.09 bits per heavy atom. The fourth-order valence-electron chi connectivity index (χ4n) is 2.79. The van der Waals surface area contributed by atoms with Crippen LogP contribution in [0.2, 0.25) is 0 Å². The zero-order chi connectivity index (χ0) is 15.4. The van der Waals surface area contributed by atoms with Gasteiger partial charge in [0, 0.05) is 17.4 Å². The van der Waals surface area contributed by atoms with Crippen molar-refractivity contribution in [1.82, 2.24) is 10.3 Å². The zero-order valence-electron chi connectivity index (χ0n) is 12.8. The van der Waals surface area contributed by atoms with Gasteiger partial charge >= 0.3 is 0 Å². The number of benzene rings is 1. The van der Waals surface area contributed by atoms with Crippen LogP contribution in [0.25, 0.3) is 11.3 Å². The third kappa shape index (κ3) is 3.72. The molecule has 116 valence electrons. The molecule has 1 fully saturated rings. The molecule has 2 heterocycles. The Labute approximate surface area is 135 Å². The van der Waals surface area contributed by atoms with E-state index in [1.54, 1.807) is 0 Å². The van der Waals surface area contributed by atoms with E-state index >= 15 is 0 Å². The van der Waals surface area contributed by atoms with Crippen molar-refractivity contribution in [3.63, 3.8) is 0 Å². The van der Waals surface area contributed by atoms with E-state index in [1.165, 1.54) is 23.3 Å². The molecule has 0 radical (unpaired) electrons. The normalized spacial score (nSPS) is 17.6. The lowest BCUT2D eigenvalue weighted by Crippen LogP contribution is -2.14. The highest BCUT2D eigenvalue weighted by atomic mass is 32.1. The predicted molar refractivity (Wildman–Crippen MR) is 91.1 cm³/mol. The highest BCUT2D eigenvalue weighted by molar-refractivity contribution is 7.14. The lowest BCUT2D eigenvalue weighted by molar-refractivity contribution is -0.116. The van der Waals surface area contributed by atoms with Gasteiger partial charge < -0.3 is 10.6 Å². The molecule has 1 aliphatic heterocycles. The number of amides is 1. The molecule has 1 aromatic heterocycles. The molecule has 1 saturated heterocycles. The Morgan fingerprint density at radius 2 is 2.32 bits per heavy atom. The fraction of sp³-hybridized carbons (Fsp3) is 0.412. The molecule has 0 saturated carbocycles. The number of hydrogen-bond acceptors (Lipinski definition) is 4. The Kier molecular flexibility index (Phi) is 4.85. The van der Waals surface area contributed by atoms with Crippen molar-refractivity contribution in [2.24, 2.45) is 5.92 Å². The predicted octanol–water partition coefficient (Wildman–Crippen LogP) is 3.45. The van der Waals surface area contributed by atoms with Gasteiger partial charge in [-0.25, -0.2) is 4.98 Å². The molecule has 1 aliphatic rings. The van der Waals surface area contributed by atoms with Crippen molar-refractivity contribution in [2.75, 3.05) is 18.4 Å². The first-order valence-electron chi connectivity index (χ1n) is 7.74. The van der Waals surface area contributed by atoms with Crippen LogP contribution in [0.4, 0.5) is 5.13 Å². The molecule has 2 N–H and O–H groups in total. The van der Waals surface area contributed by atoms with E-state index < -0.39 is 0 Å². The summed E-state index contributed by atoms with van der Waals surface area (Å²) in [4.78, 5) is 16.6. The van der Waals surface area contributed by atoms with Gasteiger partial charge in [0.25, 0.3) is 0 Å². The topological polar surface area (TPSA) is 54.0 Å². The summed E-state index contributed by atoms with van der Waals surface area (Å²) in [5.74, 6) is 0.710. The summed E-state index contributed by atoms with van der Waals surface area (Å²) in [5.41, 5.74) is 3.24. The van der Waals surface area contributed by atoms with Gasteiger partial charge in [0.2, 0.25) is 5.91 Å². The molecule has 2 aromatic rings. The van der Waals surface area contributed by atoms with Crippen molar-refractivity contribution < 1.29 is 4.79 Å². The summed E-state index contributed by atoms with van der Waals surface area (Å²) in [6, 6.07) is 8.16. The van der Waals surface area contributed by atoms with E-state index in [1.807, 2.05) is 17.5 Å². The van der Waals surface area contributed by atoms with E-state index in [4.69, 9.17) is 0 Å². The summed E-state index contributed by atoms with van der Waals surface area (Å²) in [5, 5.41) is 8.94. The first-order valence-corrected chi connectivity index (χ1v) is 8.62. The Hall–Kier alpha value is -1.72. The number of aromatic nitrogens is 1. The second-order valence-electron chi connectivity index (χ2n) is 5.80. The number of rotatable bonds is 5. The average molecular weight is 315 g/mol. The van der Waals surface area contributed by atoms with Crippen LogP contribution in [0, 0.1) is 12.8 Å². The summed E-state index contributed by atoms with van der Waals surface area (Å²) in [6.07, 6.45) is 2.71. The van der Waals surface area contributed by atoms with Crippen LogP contribution in [-0.4, -0.2) is 24.0 Å². The lowest BCUT2D eigenvalue weighted by Gasteiger charge is -2.07. The maximum Gasteiger partial charge on any atom is 0.226 e. The van der Waals surface area contributed by atoms with Gasteiger partial charge in [0.15, 0.2) is 5.13 Å². The van der Waals surface area contributed by atoms with Crippen molar-refractivity contribution in [1.29, 1.82) is 0 Å². The minimum atomic E-state index is 0.0672. The first kappa shape index (κ1) is 15.2. The third-order valence-electron chi connectivity index (χ3n) is 4.11. The van der Waals surface area contributed by atoms with Crippen LogP contribution in [0.3, 0.4) is 0 Å². The van der Waals surface area contributed by atoms with Crippen LogP contribution in [0.1, 0.15) is 24.8 Å². The van der Waals surface area contributed by atoms with Crippen LogP contribution in [0.5, 0.6) is 0 Å². The van der Waals surface area contributed by atoms with Gasteiger partial charge in [0.1, 0.15) is 0 Å². The van der Waals surface area contributed by atoms with Gasteiger partial charge in [-0.05, 0) is 44.3 Å². The van der Waals surface area contributed by atoms with Crippen molar-refractivity contribution in [2.45, 2.75) is 26.2 Å². The molecule has 0 bridgehead atoms. The maximum absolute atomic E-state index is 12.0. The number of carbonyl (C=O) groups is 1. The van der Waals surface area contributed by atoms with Crippen LogP contribution >= 0.6 is 11.3 Å². The molecule has 0 spiro atoms. The smallest absolute Gasteiger partial charge is 0.226 e. The highest BCUT2D eigenvalue weighted by Gasteiger charge is 2.16. The number of carbonyl (C=O) groups excluding carboxylic acids is 1.